The average molecular weight is 700 g/mol. The smallest absolute Gasteiger partial charge is 0.417 e. The standard InChI is InChI=1S/C20H19F3N5O14P3/c21-20(22,23)12-6-15(29)39-13-5-9(1-3-11(12)13)40-44(33,34)42-45(35,36)41-43(31,32)37-7-10-2-4-14(38-10)28-8-25-16-17(28)26-19(24)27-18(16)30/h1,3,5-6,8,10,14H,2,4,7H2,(H,31,32)(H,33,34)(H,35,36)(H3,24,26,27,30)/p-3/t10-,14+/m0/s1. The Kier molecular flexibility index (Phi) is 8.60. The predicted molar refractivity (Wildman–Crippen MR) is 135 cm³/mol. The van der Waals surface area contributed by atoms with Crippen molar-refractivity contribution in [3.05, 3.63) is 56.9 Å². The molecule has 3 aromatic heterocycles. The lowest BCUT2D eigenvalue weighted by Gasteiger charge is -2.34. The number of fused-ring (bicyclic) bond motifs is 2. The number of alkyl halides is 3. The van der Waals surface area contributed by atoms with Gasteiger partial charge in [0.15, 0.2) is 11.2 Å². The third-order valence-corrected chi connectivity index (χ3v) is 10.0. The molecule has 0 amide bonds. The summed E-state index contributed by atoms with van der Waals surface area (Å²) in [6.45, 7) is -0.798. The Morgan fingerprint density at radius 1 is 1.07 bits per heavy atom. The van der Waals surface area contributed by atoms with Crippen LogP contribution >= 0.6 is 23.5 Å². The molecule has 0 radical (unpaired) electrons. The Balaban J connectivity index is 1.19. The number of nitrogens with two attached hydrogens (primary N) is 1. The van der Waals surface area contributed by atoms with Gasteiger partial charge in [-0.2, -0.15) is 18.2 Å². The Bertz CT molecular complexity index is 2050. The Morgan fingerprint density at radius 3 is 2.49 bits per heavy atom. The van der Waals surface area contributed by atoms with Crippen LogP contribution in [0.2, 0.25) is 0 Å². The summed E-state index contributed by atoms with van der Waals surface area (Å²) in [5.74, 6) is -1.06. The molecular formula is C20H16F3N5O14P3-3. The maximum Gasteiger partial charge on any atom is 0.417 e. The van der Waals surface area contributed by atoms with Crippen molar-refractivity contribution in [2.45, 2.75) is 31.3 Å². The van der Waals surface area contributed by atoms with Gasteiger partial charge in [0.05, 0.1) is 24.6 Å². The van der Waals surface area contributed by atoms with Gasteiger partial charge >= 0.3 is 19.6 Å². The molecule has 25 heteroatoms. The molecule has 1 fully saturated rings. The van der Waals surface area contributed by atoms with Crippen molar-refractivity contribution < 1.29 is 68.4 Å². The molecule has 1 aliphatic heterocycles. The van der Waals surface area contributed by atoms with Crippen LogP contribution < -0.4 is 36.1 Å². The van der Waals surface area contributed by atoms with E-state index in [0.29, 0.717) is 18.2 Å². The number of hydrogen-bond donors (Lipinski definition) is 2. The Labute approximate surface area is 246 Å². The fourth-order valence-electron chi connectivity index (χ4n) is 4.21. The van der Waals surface area contributed by atoms with Crippen LogP contribution in [0.5, 0.6) is 5.75 Å². The number of anilines is 1. The zero-order valence-electron chi connectivity index (χ0n) is 21.8. The number of rotatable bonds is 10. The number of H-pyrrole nitrogens is 1. The quantitative estimate of drug-likeness (QED) is 0.172. The van der Waals surface area contributed by atoms with E-state index in [2.05, 4.69) is 37.0 Å². The molecule has 244 valence electrons. The Hall–Kier alpha value is -3.42. The third-order valence-electron chi connectivity index (χ3n) is 5.90. The number of aromatic nitrogens is 4. The third kappa shape index (κ3) is 7.70. The van der Waals surface area contributed by atoms with Gasteiger partial charge < -0.3 is 38.6 Å². The van der Waals surface area contributed by atoms with Crippen LogP contribution in [0.1, 0.15) is 24.6 Å². The lowest BCUT2D eigenvalue weighted by Crippen LogP contribution is -2.21. The highest BCUT2D eigenvalue weighted by atomic mass is 31.3. The number of phosphoric ester groups is 2. The summed E-state index contributed by atoms with van der Waals surface area (Å²) in [6.07, 6.45) is -5.11. The van der Waals surface area contributed by atoms with Gasteiger partial charge in [-0.15, -0.1) is 0 Å². The fraction of sp³-hybridized carbons (Fsp3) is 0.300. The van der Waals surface area contributed by atoms with Crippen molar-refractivity contribution in [1.29, 1.82) is 0 Å². The highest BCUT2D eigenvalue weighted by Crippen LogP contribution is 2.63. The summed E-state index contributed by atoms with van der Waals surface area (Å²) in [5.41, 5.74) is 1.34. The second-order valence-electron chi connectivity index (χ2n) is 9.09. The van der Waals surface area contributed by atoms with Gasteiger partial charge in [0.25, 0.3) is 21.2 Å². The van der Waals surface area contributed by atoms with Crippen LogP contribution in [0.4, 0.5) is 19.1 Å². The molecule has 3 unspecified atom stereocenters. The molecule has 0 saturated carbocycles. The van der Waals surface area contributed by atoms with Gasteiger partial charge in [-0.25, -0.2) is 18.4 Å². The summed E-state index contributed by atoms with van der Waals surface area (Å²) in [7, 11) is -18.2. The maximum absolute atomic E-state index is 13.2. The van der Waals surface area contributed by atoms with E-state index in [-0.39, 0.29) is 36.0 Å². The molecule has 4 aromatic rings. The molecule has 0 aliphatic carbocycles. The minimum Gasteiger partial charge on any atom is -0.756 e. The average Bonchev–Trinajstić information content (AvgIpc) is 3.51. The number of ether oxygens (including phenoxy) is 1. The molecule has 1 aliphatic rings. The highest BCUT2D eigenvalue weighted by molar-refractivity contribution is 7.65. The maximum atomic E-state index is 13.2. The van der Waals surface area contributed by atoms with E-state index in [0.717, 1.165) is 0 Å². The van der Waals surface area contributed by atoms with Gasteiger partial charge in [-0.3, -0.25) is 28.0 Å². The van der Waals surface area contributed by atoms with E-state index in [4.69, 9.17) is 10.5 Å². The normalized spacial score (nSPS) is 21.4. The first-order valence-corrected chi connectivity index (χ1v) is 16.4. The van der Waals surface area contributed by atoms with Crippen molar-refractivity contribution in [2.24, 2.45) is 0 Å². The largest absolute Gasteiger partial charge is 0.756 e. The van der Waals surface area contributed by atoms with E-state index in [1.54, 1.807) is 0 Å². The summed E-state index contributed by atoms with van der Waals surface area (Å²) in [6, 6.07) is 1.99. The molecular weight excluding hydrogens is 684 g/mol. The number of phosphoric acid groups is 3. The van der Waals surface area contributed by atoms with Crippen molar-refractivity contribution >= 4 is 51.5 Å². The number of imidazole rings is 1. The van der Waals surface area contributed by atoms with Crippen LogP contribution in [0.15, 0.2) is 44.6 Å². The summed E-state index contributed by atoms with van der Waals surface area (Å²) in [5, 5.41) is -0.661. The molecule has 3 N–H and O–H groups in total. The number of nitrogens with zero attached hydrogens (tertiary/aromatic N) is 3. The summed E-state index contributed by atoms with van der Waals surface area (Å²) >= 11 is 0. The second-order valence-corrected chi connectivity index (χ2v) is 13.5. The number of aromatic amines is 1. The van der Waals surface area contributed by atoms with Crippen LogP contribution in [-0.2, 0) is 37.8 Å². The fourth-order valence-corrected chi connectivity index (χ4v) is 7.60. The Morgan fingerprint density at radius 2 is 1.78 bits per heavy atom. The number of hydrogen-bond acceptors (Lipinski definition) is 17. The summed E-state index contributed by atoms with van der Waals surface area (Å²) < 4.78 is 104. The lowest BCUT2D eigenvalue weighted by molar-refractivity contribution is -0.249. The van der Waals surface area contributed by atoms with Crippen LogP contribution in [0.25, 0.3) is 22.1 Å². The molecule has 4 heterocycles. The van der Waals surface area contributed by atoms with Crippen molar-refractivity contribution in [3.8, 4) is 5.75 Å². The van der Waals surface area contributed by atoms with Crippen molar-refractivity contribution in [3.63, 3.8) is 0 Å². The molecule has 1 saturated heterocycles. The first kappa shape index (κ1) is 33.0. The SMILES string of the molecule is Nc1nc2c(ncn2[C@H]2CC[C@@H](COP(=O)([O-])OP(=O)([O-])OP(=O)([O-])Oc3ccc4c(C(F)(F)F)cc(=O)oc4c3)O2)c(=O)[nH]1. The van der Waals surface area contributed by atoms with Crippen LogP contribution in [0, 0.1) is 0 Å². The number of nitrogens with one attached hydrogen (secondary N) is 1. The zero-order chi connectivity index (χ0) is 32.9. The van der Waals surface area contributed by atoms with E-state index in [1.165, 1.54) is 10.9 Å². The van der Waals surface area contributed by atoms with Gasteiger partial charge in [0, 0.05) is 17.5 Å². The van der Waals surface area contributed by atoms with Crippen molar-refractivity contribution in [2.75, 3.05) is 12.3 Å². The van der Waals surface area contributed by atoms with E-state index < -0.39 is 82.1 Å². The van der Waals surface area contributed by atoms with Crippen molar-refractivity contribution in [1.82, 2.24) is 19.5 Å². The first-order chi connectivity index (χ1) is 20.8. The number of halogens is 3. The summed E-state index contributed by atoms with van der Waals surface area (Å²) in [4.78, 5) is 69.9. The van der Waals surface area contributed by atoms with E-state index in [1.807, 2.05) is 0 Å². The minimum absolute atomic E-state index is 0.0430. The molecule has 45 heavy (non-hydrogen) atoms. The van der Waals surface area contributed by atoms with Crippen LogP contribution in [-0.4, -0.2) is 32.2 Å². The monoisotopic (exact) mass is 700 g/mol. The molecule has 0 bridgehead atoms. The van der Waals surface area contributed by atoms with Gasteiger partial charge in [-0.1, -0.05) is 0 Å². The van der Waals surface area contributed by atoms with Gasteiger partial charge in [-0.05, 0) is 25.0 Å². The molecule has 19 nitrogen and oxygen atoms in total. The number of benzene rings is 1. The van der Waals surface area contributed by atoms with Crippen LogP contribution in [0.3, 0.4) is 0 Å². The minimum atomic E-state index is -6.29. The molecule has 5 atom stereocenters. The van der Waals surface area contributed by atoms with Gasteiger partial charge in [0.2, 0.25) is 5.95 Å². The molecule has 5 rings (SSSR count). The first-order valence-electron chi connectivity index (χ1n) is 12.0. The second kappa shape index (κ2) is 11.7. The van der Waals surface area contributed by atoms with E-state index >= 15 is 0 Å². The topological polar surface area (TPSA) is 286 Å². The predicted octanol–water partition coefficient (Wildman–Crippen LogP) is 1.04. The van der Waals surface area contributed by atoms with E-state index in [9.17, 15) is 51.1 Å². The number of nitrogen functional groups attached to an aromatic ring is 1. The molecule has 1 aromatic carbocycles. The lowest BCUT2D eigenvalue weighted by atomic mass is 10.1. The molecule has 0 spiro atoms. The zero-order valence-corrected chi connectivity index (χ0v) is 24.5. The highest BCUT2D eigenvalue weighted by Gasteiger charge is 2.35. The van der Waals surface area contributed by atoms with Gasteiger partial charge in [0.1, 0.15) is 17.6 Å².